The lowest BCUT2D eigenvalue weighted by molar-refractivity contribution is 0.317. The van der Waals surface area contributed by atoms with Gasteiger partial charge in [0.2, 0.25) is 0 Å². The fourth-order valence-corrected chi connectivity index (χ4v) is 8.39. The van der Waals surface area contributed by atoms with E-state index in [9.17, 15) is 10.2 Å². The first kappa shape index (κ1) is 42.5. The van der Waals surface area contributed by atoms with Crippen LogP contribution in [0.3, 0.4) is 0 Å². The third-order valence-electron chi connectivity index (χ3n) is 11.2. The maximum Gasteiger partial charge on any atom is 0.129 e. The first-order valence-corrected chi connectivity index (χ1v) is 21.6. The minimum atomic E-state index is 0.154. The lowest BCUT2D eigenvalue weighted by atomic mass is 9.99. The summed E-state index contributed by atoms with van der Waals surface area (Å²) >= 11 is 0. The summed E-state index contributed by atoms with van der Waals surface area (Å²) in [5, 5.41) is 35.8. The molecule has 0 amide bonds. The summed E-state index contributed by atoms with van der Waals surface area (Å²) in [4.78, 5) is 14.6. The number of pyridine rings is 2. The number of phenolic OH excluding ortho intramolecular Hbond substituents is 2. The second kappa shape index (κ2) is 18.8. The van der Waals surface area contributed by atoms with Gasteiger partial charge in [-0.05, 0) is 115 Å². The van der Waals surface area contributed by atoms with Crippen molar-refractivity contribution in [2.24, 2.45) is 0 Å². The molecule has 2 aliphatic heterocycles. The number of nitrogens with zero attached hydrogens (tertiary/aromatic N) is 4. The molecular weight excluding hydrogens is 745 g/mol. The normalized spacial score (nSPS) is 15.5. The van der Waals surface area contributed by atoms with Crippen LogP contribution >= 0.6 is 0 Å². The van der Waals surface area contributed by atoms with E-state index in [0.29, 0.717) is 25.2 Å². The smallest absolute Gasteiger partial charge is 0.129 e. The van der Waals surface area contributed by atoms with Crippen molar-refractivity contribution >= 4 is 44.8 Å². The van der Waals surface area contributed by atoms with Gasteiger partial charge in [0.1, 0.15) is 23.1 Å². The van der Waals surface area contributed by atoms with Crippen molar-refractivity contribution in [3.05, 3.63) is 120 Å². The summed E-state index contributed by atoms with van der Waals surface area (Å²) in [6.45, 7) is 18.9. The van der Waals surface area contributed by atoms with Crippen molar-refractivity contribution in [2.75, 3.05) is 46.6 Å². The predicted molar refractivity (Wildman–Crippen MR) is 251 cm³/mol. The second-order valence-corrected chi connectivity index (χ2v) is 18.4. The van der Waals surface area contributed by atoms with Crippen LogP contribution in [0.4, 0.5) is 23.0 Å². The van der Waals surface area contributed by atoms with Crippen molar-refractivity contribution in [2.45, 2.75) is 103 Å². The van der Waals surface area contributed by atoms with Crippen LogP contribution in [-0.2, 0) is 13.1 Å². The maximum absolute atomic E-state index is 9.48. The molecule has 8 rings (SSSR count). The average Bonchev–Trinajstić information content (AvgIpc) is 3.22. The van der Waals surface area contributed by atoms with Gasteiger partial charge < -0.3 is 41.3 Å². The van der Waals surface area contributed by atoms with E-state index in [0.717, 1.165) is 85.7 Å². The molecular formula is C50H64N8O2. The molecule has 316 valence electrons. The van der Waals surface area contributed by atoms with Crippen LogP contribution in [-0.4, -0.2) is 69.5 Å². The molecule has 0 bridgehead atoms. The molecule has 0 aliphatic carbocycles. The molecule has 6 aromatic rings. The number of anilines is 4. The highest BCUT2D eigenvalue weighted by Gasteiger charge is 2.26. The number of para-hydroxylation sites is 2. The Bertz CT molecular complexity index is 2140. The predicted octanol–water partition coefficient (Wildman–Crippen LogP) is 9.82. The molecule has 2 aromatic heterocycles. The minimum Gasteiger partial charge on any atom is -0.508 e. The summed E-state index contributed by atoms with van der Waals surface area (Å²) < 4.78 is 0. The van der Waals surface area contributed by atoms with Crippen molar-refractivity contribution in [1.82, 2.24) is 20.6 Å². The van der Waals surface area contributed by atoms with Gasteiger partial charge in [-0.25, -0.2) is 9.97 Å². The van der Waals surface area contributed by atoms with E-state index in [-0.39, 0.29) is 22.6 Å². The van der Waals surface area contributed by atoms with Crippen LogP contribution in [0.15, 0.2) is 109 Å². The van der Waals surface area contributed by atoms with E-state index in [1.165, 1.54) is 22.1 Å². The summed E-state index contributed by atoms with van der Waals surface area (Å²) in [6.07, 6.45) is 4.57. The van der Waals surface area contributed by atoms with Crippen LogP contribution in [0.2, 0.25) is 0 Å². The summed E-state index contributed by atoms with van der Waals surface area (Å²) in [7, 11) is 0. The number of benzene rings is 4. The zero-order chi connectivity index (χ0) is 42.3. The Morgan fingerprint density at radius 3 is 1.22 bits per heavy atom. The van der Waals surface area contributed by atoms with Gasteiger partial charge in [-0.15, -0.1) is 0 Å². The van der Waals surface area contributed by atoms with E-state index in [1.807, 2.05) is 36.4 Å². The molecule has 0 saturated carbocycles. The molecule has 4 aromatic carbocycles. The van der Waals surface area contributed by atoms with Crippen LogP contribution in [0.5, 0.6) is 11.5 Å². The van der Waals surface area contributed by atoms with E-state index < -0.39 is 0 Å². The highest BCUT2D eigenvalue weighted by Crippen LogP contribution is 2.33. The number of phenols is 2. The van der Waals surface area contributed by atoms with E-state index >= 15 is 0 Å². The molecule has 0 atom stereocenters. The van der Waals surface area contributed by atoms with Crippen molar-refractivity contribution in [1.29, 1.82) is 0 Å². The fraction of sp³-hybridized carbons (Fsp3) is 0.400. The third-order valence-corrected chi connectivity index (χ3v) is 11.2. The zero-order valence-electron chi connectivity index (χ0n) is 36.3. The maximum atomic E-state index is 9.48. The molecule has 6 N–H and O–H groups in total. The Morgan fingerprint density at radius 1 is 0.517 bits per heavy atom. The average molecular weight is 809 g/mol. The number of piperidine rings is 2. The summed E-state index contributed by atoms with van der Waals surface area (Å²) in [6, 6.07) is 36.8. The lowest BCUT2D eigenvalue weighted by Crippen LogP contribution is -2.49. The van der Waals surface area contributed by atoms with Gasteiger partial charge in [0.15, 0.2) is 0 Å². The summed E-state index contributed by atoms with van der Waals surface area (Å²) in [5.74, 6) is 2.34. The van der Waals surface area contributed by atoms with Gasteiger partial charge >= 0.3 is 0 Å². The minimum absolute atomic E-state index is 0.154. The molecule has 10 nitrogen and oxygen atoms in total. The molecule has 0 radical (unpaired) electrons. The second-order valence-electron chi connectivity index (χ2n) is 18.4. The van der Waals surface area contributed by atoms with E-state index in [1.54, 1.807) is 24.3 Å². The van der Waals surface area contributed by atoms with E-state index in [4.69, 9.17) is 9.97 Å². The Hall–Kier alpha value is -5.58. The third kappa shape index (κ3) is 11.8. The number of fused-ring (bicyclic) bond motifs is 2. The highest BCUT2D eigenvalue weighted by molar-refractivity contribution is 5.94. The molecule has 60 heavy (non-hydrogen) atoms. The van der Waals surface area contributed by atoms with Crippen molar-refractivity contribution in [3.8, 4) is 11.5 Å². The monoisotopic (exact) mass is 809 g/mol. The van der Waals surface area contributed by atoms with Crippen LogP contribution in [0.1, 0.15) is 78.4 Å². The number of rotatable bonds is 10. The van der Waals surface area contributed by atoms with Gasteiger partial charge in [0, 0.05) is 96.7 Å². The van der Waals surface area contributed by atoms with Gasteiger partial charge in [-0.1, -0.05) is 60.7 Å². The first-order valence-electron chi connectivity index (χ1n) is 21.6. The number of hydrogen-bond donors (Lipinski definition) is 6. The van der Waals surface area contributed by atoms with Gasteiger partial charge in [0.05, 0.1) is 11.0 Å². The molecule has 10 heteroatoms. The van der Waals surface area contributed by atoms with Crippen LogP contribution < -0.4 is 31.1 Å². The van der Waals surface area contributed by atoms with Crippen molar-refractivity contribution in [3.63, 3.8) is 0 Å². The Balaban J connectivity index is 0.000000181. The molecule has 2 aliphatic rings. The quantitative estimate of drug-likeness (QED) is 0.0798. The number of aromatic hydroxyl groups is 2. The summed E-state index contributed by atoms with van der Waals surface area (Å²) in [5.41, 5.74) is 7.06. The van der Waals surface area contributed by atoms with E-state index in [2.05, 4.69) is 121 Å². The Labute approximate surface area is 356 Å². The number of nitrogens with one attached hydrogen (secondary N) is 4. The van der Waals surface area contributed by atoms with Gasteiger partial charge in [0.25, 0.3) is 0 Å². The SMILES string of the molecule is CC(C)(C)NC1CCN(c2cc(NCc3ccc(O)cc3)nc3ccccc23)CC1.CC(C)(C)NC1CCN(c2cc(NCc3ccc(O)cc3)nc3ccccc23)CC1. The first-order chi connectivity index (χ1) is 28.7. The molecule has 0 unspecified atom stereocenters. The molecule has 2 saturated heterocycles. The lowest BCUT2D eigenvalue weighted by Gasteiger charge is -2.37. The Morgan fingerprint density at radius 2 is 0.867 bits per heavy atom. The topological polar surface area (TPSA) is 121 Å². The van der Waals surface area contributed by atoms with Gasteiger partial charge in [-0.2, -0.15) is 0 Å². The highest BCUT2D eigenvalue weighted by atomic mass is 16.3. The van der Waals surface area contributed by atoms with Gasteiger partial charge in [-0.3, -0.25) is 0 Å². The standard InChI is InChI=1S/2C25H32N4O/c2*1-25(2,3)28-19-12-14-29(15-13-19)23-16-24(27-22-7-5-4-6-21(22)23)26-17-18-8-10-20(30)11-9-18/h2*4-11,16,19,28,30H,12-15,17H2,1-3H3,(H,26,27). The zero-order valence-corrected chi connectivity index (χ0v) is 36.3. The van der Waals surface area contributed by atoms with Crippen LogP contribution in [0.25, 0.3) is 21.8 Å². The number of hydrogen-bond acceptors (Lipinski definition) is 10. The number of aromatic nitrogens is 2. The fourth-order valence-electron chi connectivity index (χ4n) is 8.39. The molecule has 2 fully saturated rings. The van der Waals surface area contributed by atoms with Crippen LogP contribution in [0, 0.1) is 0 Å². The molecule has 4 heterocycles. The molecule has 0 spiro atoms. The van der Waals surface area contributed by atoms with Crippen molar-refractivity contribution < 1.29 is 10.2 Å². The Kier molecular flexibility index (Phi) is 13.3. The largest absolute Gasteiger partial charge is 0.508 e.